The molecule has 2 N–H and O–H groups in total. The first-order valence-electron chi connectivity index (χ1n) is 7.24. The maximum absolute atomic E-state index is 5.66. The summed E-state index contributed by atoms with van der Waals surface area (Å²) in [6.07, 6.45) is 4.17. The summed E-state index contributed by atoms with van der Waals surface area (Å²) in [6.45, 7) is 4.37. The zero-order valence-electron chi connectivity index (χ0n) is 11.9. The quantitative estimate of drug-likeness (QED) is 0.872. The third kappa shape index (κ3) is 2.67. The van der Waals surface area contributed by atoms with Gasteiger partial charge in [-0.3, -0.25) is 0 Å². The van der Waals surface area contributed by atoms with E-state index in [-0.39, 0.29) is 0 Å². The van der Waals surface area contributed by atoms with Gasteiger partial charge < -0.3 is 10.6 Å². The number of rotatable bonds is 6. The highest BCUT2D eigenvalue weighted by molar-refractivity contribution is 5.49. The molecule has 5 heteroatoms. The molecule has 0 aliphatic heterocycles. The zero-order valence-corrected chi connectivity index (χ0v) is 11.9. The van der Waals surface area contributed by atoms with Crippen LogP contribution in [0.3, 0.4) is 0 Å². The molecule has 1 aromatic heterocycles. The molecule has 1 fully saturated rings. The molecule has 20 heavy (non-hydrogen) atoms. The minimum Gasteiger partial charge on any atom is -0.361 e. The molecule has 0 spiro atoms. The Hall–Kier alpha value is -1.88. The van der Waals surface area contributed by atoms with E-state index in [0.717, 1.165) is 18.9 Å². The Kier molecular flexibility index (Phi) is 3.69. The van der Waals surface area contributed by atoms with Crippen molar-refractivity contribution in [2.75, 3.05) is 4.90 Å². The summed E-state index contributed by atoms with van der Waals surface area (Å²) in [5, 5.41) is 4.25. The molecule has 1 aromatic carbocycles. The van der Waals surface area contributed by atoms with Gasteiger partial charge in [-0.25, -0.2) is 9.67 Å². The highest BCUT2D eigenvalue weighted by Gasteiger charge is 2.30. The van der Waals surface area contributed by atoms with Gasteiger partial charge in [0.25, 0.3) is 0 Å². The number of hydrogen-bond acceptors (Lipinski definition) is 4. The van der Waals surface area contributed by atoms with E-state index in [0.29, 0.717) is 12.6 Å². The fraction of sp³-hybridized carbons (Fsp3) is 0.467. The van der Waals surface area contributed by atoms with Crippen molar-refractivity contribution in [1.82, 2.24) is 14.8 Å². The first kappa shape index (κ1) is 13.1. The topological polar surface area (TPSA) is 60.0 Å². The van der Waals surface area contributed by atoms with Crippen LogP contribution in [0.4, 0.5) is 5.69 Å². The van der Waals surface area contributed by atoms with Crippen LogP contribution in [0.15, 0.2) is 30.6 Å². The monoisotopic (exact) mass is 271 g/mol. The molecule has 5 nitrogen and oxygen atoms in total. The van der Waals surface area contributed by atoms with Gasteiger partial charge in [-0.05, 0) is 37.5 Å². The number of anilines is 1. The second kappa shape index (κ2) is 5.63. The van der Waals surface area contributed by atoms with Crippen molar-refractivity contribution in [2.45, 2.75) is 45.4 Å². The van der Waals surface area contributed by atoms with Crippen molar-refractivity contribution in [3.05, 3.63) is 42.0 Å². The van der Waals surface area contributed by atoms with Crippen molar-refractivity contribution in [1.29, 1.82) is 0 Å². The van der Waals surface area contributed by atoms with E-state index >= 15 is 0 Å². The summed E-state index contributed by atoms with van der Waals surface area (Å²) >= 11 is 0. The van der Waals surface area contributed by atoms with E-state index in [1.807, 2.05) is 4.68 Å². The van der Waals surface area contributed by atoms with E-state index in [2.05, 4.69) is 46.2 Å². The van der Waals surface area contributed by atoms with Crippen LogP contribution in [-0.4, -0.2) is 20.8 Å². The molecule has 0 radical (unpaired) electrons. The minimum absolute atomic E-state index is 0.591. The Morgan fingerprint density at radius 1 is 1.30 bits per heavy atom. The maximum Gasteiger partial charge on any atom is 0.146 e. The Labute approximate surface area is 119 Å². The normalized spacial score (nSPS) is 14.5. The molecular formula is C15H21N5. The molecule has 1 heterocycles. The molecule has 0 bridgehead atoms. The van der Waals surface area contributed by atoms with E-state index < -0.39 is 0 Å². The zero-order chi connectivity index (χ0) is 13.9. The predicted octanol–water partition coefficient (Wildman–Crippen LogP) is 1.93. The largest absolute Gasteiger partial charge is 0.361 e. The lowest BCUT2D eigenvalue weighted by Crippen LogP contribution is -2.27. The van der Waals surface area contributed by atoms with Crippen molar-refractivity contribution in [3.8, 4) is 0 Å². The summed E-state index contributed by atoms with van der Waals surface area (Å²) < 4.78 is 1.96. The molecule has 1 aliphatic rings. The number of nitrogens with two attached hydrogens (primary N) is 1. The first-order chi connectivity index (χ1) is 9.81. The van der Waals surface area contributed by atoms with Crippen molar-refractivity contribution < 1.29 is 0 Å². The van der Waals surface area contributed by atoms with Gasteiger partial charge in [-0.1, -0.05) is 12.1 Å². The van der Waals surface area contributed by atoms with Gasteiger partial charge in [0.05, 0.1) is 6.54 Å². The van der Waals surface area contributed by atoms with Crippen LogP contribution in [0.5, 0.6) is 0 Å². The highest BCUT2D eigenvalue weighted by Crippen LogP contribution is 2.32. The molecule has 0 unspecified atom stereocenters. The molecule has 106 valence electrons. The molecular weight excluding hydrogens is 250 g/mol. The van der Waals surface area contributed by atoms with Gasteiger partial charge in [-0.15, -0.1) is 0 Å². The minimum atomic E-state index is 0.591. The van der Waals surface area contributed by atoms with Crippen LogP contribution in [0, 0.1) is 0 Å². The number of aryl methyl sites for hydroxylation is 1. The standard InChI is InChI=1S/C15H21N5/c1-2-20-15(17-11-18-20)10-19(14-7-8-14)13-5-3-12(9-16)4-6-13/h3-6,11,14H,2,7-10,16H2,1H3. The second-order valence-corrected chi connectivity index (χ2v) is 5.22. The van der Waals surface area contributed by atoms with Crippen LogP contribution < -0.4 is 10.6 Å². The van der Waals surface area contributed by atoms with Crippen LogP contribution in [0.2, 0.25) is 0 Å². The summed E-state index contributed by atoms with van der Waals surface area (Å²) in [7, 11) is 0. The fourth-order valence-corrected chi connectivity index (χ4v) is 2.47. The number of nitrogens with zero attached hydrogens (tertiary/aromatic N) is 4. The van der Waals surface area contributed by atoms with Gasteiger partial charge in [0.2, 0.25) is 0 Å². The van der Waals surface area contributed by atoms with E-state index in [9.17, 15) is 0 Å². The van der Waals surface area contributed by atoms with Gasteiger partial charge in [0, 0.05) is 24.8 Å². The molecule has 0 atom stereocenters. The second-order valence-electron chi connectivity index (χ2n) is 5.22. The lowest BCUT2D eigenvalue weighted by molar-refractivity contribution is 0.600. The Balaban J connectivity index is 1.81. The summed E-state index contributed by atoms with van der Waals surface area (Å²) in [5.41, 5.74) is 8.07. The average Bonchev–Trinajstić information content (AvgIpc) is 3.24. The molecule has 0 saturated heterocycles. The molecule has 1 aliphatic carbocycles. The lowest BCUT2D eigenvalue weighted by atomic mass is 10.2. The number of hydrogen-bond donors (Lipinski definition) is 1. The Morgan fingerprint density at radius 3 is 2.65 bits per heavy atom. The smallest absolute Gasteiger partial charge is 0.146 e. The molecule has 3 rings (SSSR count). The van der Waals surface area contributed by atoms with E-state index in [1.54, 1.807) is 6.33 Å². The third-order valence-electron chi connectivity index (χ3n) is 3.80. The summed E-state index contributed by atoms with van der Waals surface area (Å²) in [5.74, 6) is 1.03. The van der Waals surface area contributed by atoms with Crippen LogP contribution >= 0.6 is 0 Å². The molecule has 2 aromatic rings. The lowest BCUT2D eigenvalue weighted by Gasteiger charge is -2.24. The number of aromatic nitrogens is 3. The Morgan fingerprint density at radius 2 is 2.05 bits per heavy atom. The average molecular weight is 271 g/mol. The highest BCUT2D eigenvalue weighted by atomic mass is 15.3. The third-order valence-corrected chi connectivity index (χ3v) is 3.80. The maximum atomic E-state index is 5.66. The van der Waals surface area contributed by atoms with Gasteiger partial charge in [0.15, 0.2) is 0 Å². The Bertz CT molecular complexity index is 556. The van der Waals surface area contributed by atoms with Crippen LogP contribution in [0.1, 0.15) is 31.2 Å². The van der Waals surface area contributed by atoms with Crippen LogP contribution in [-0.2, 0) is 19.6 Å². The van der Waals surface area contributed by atoms with Crippen molar-refractivity contribution in [2.24, 2.45) is 5.73 Å². The van der Waals surface area contributed by atoms with Gasteiger partial charge >= 0.3 is 0 Å². The first-order valence-corrected chi connectivity index (χ1v) is 7.24. The van der Waals surface area contributed by atoms with Crippen LogP contribution in [0.25, 0.3) is 0 Å². The molecule has 1 saturated carbocycles. The van der Waals surface area contributed by atoms with Gasteiger partial charge in [0.1, 0.15) is 12.2 Å². The SMILES string of the molecule is CCn1ncnc1CN(c1ccc(CN)cc1)C1CC1. The van der Waals surface area contributed by atoms with Crippen molar-refractivity contribution in [3.63, 3.8) is 0 Å². The number of benzene rings is 1. The van der Waals surface area contributed by atoms with E-state index in [1.165, 1.54) is 24.1 Å². The molecule has 0 amide bonds. The van der Waals surface area contributed by atoms with E-state index in [4.69, 9.17) is 5.73 Å². The summed E-state index contributed by atoms with van der Waals surface area (Å²) in [6, 6.07) is 9.17. The van der Waals surface area contributed by atoms with Gasteiger partial charge in [-0.2, -0.15) is 5.10 Å². The summed E-state index contributed by atoms with van der Waals surface area (Å²) in [4.78, 5) is 6.81. The van der Waals surface area contributed by atoms with Crippen molar-refractivity contribution >= 4 is 5.69 Å². The predicted molar refractivity (Wildman–Crippen MR) is 79.2 cm³/mol. The fourth-order valence-electron chi connectivity index (χ4n) is 2.47.